The predicted molar refractivity (Wildman–Crippen MR) is 113 cm³/mol. The third-order valence-corrected chi connectivity index (χ3v) is 5.97. The minimum absolute atomic E-state index is 0.275. The van der Waals surface area contributed by atoms with Crippen LogP contribution in [0.3, 0.4) is 0 Å². The van der Waals surface area contributed by atoms with Crippen LogP contribution in [0, 0.1) is 0 Å². The molecule has 1 rings (SSSR count). The van der Waals surface area contributed by atoms with Gasteiger partial charge < -0.3 is 9.63 Å². The van der Waals surface area contributed by atoms with Crippen molar-refractivity contribution in [1.29, 1.82) is 0 Å². The maximum atomic E-state index is 12.1. The second-order valence-electron chi connectivity index (χ2n) is 7.44. The van der Waals surface area contributed by atoms with Crippen molar-refractivity contribution in [3.8, 4) is 5.75 Å². The molecule has 0 heterocycles. The highest BCUT2D eigenvalue weighted by molar-refractivity contribution is 7.39. The fraction of sp³-hybridized carbons (Fsp3) is 0.727. The smallest absolute Gasteiger partial charge is 0.236 e. The zero-order valence-corrected chi connectivity index (χ0v) is 17.8. The lowest BCUT2D eigenvalue weighted by Crippen LogP contribution is -2.01. The van der Waals surface area contributed by atoms with Crippen molar-refractivity contribution in [2.75, 3.05) is 6.16 Å². The third kappa shape index (κ3) is 12.5. The molecule has 0 bridgehead atoms. The third-order valence-electron chi connectivity index (χ3n) is 4.74. The number of rotatable bonds is 16. The van der Waals surface area contributed by atoms with Gasteiger partial charge in [-0.05, 0) is 43.9 Å². The van der Waals surface area contributed by atoms with Crippen molar-refractivity contribution in [3.05, 3.63) is 29.8 Å². The first-order valence-corrected chi connectivity index (χ1v) is 12.1. The van der Waals surface area contributed by atoms with E-state index in [2.05, 4.69) is 6.92 Å². The summed E-state index contributed by atoms with van der Waals surface area (Å²) in [6, 6.07) is 7.76. The van der Waals surface area contributed by atoms with Crippen LogP contribution in [-0.4, -0.2) is 17.4 Å². The topological polar surface area (TPSA) is 46.5 Å². The lowest BCUT2D eigenvalue weighted by Gasteiger charge is -2.08. The van der Waals surface area contributed by atoms with E-state index in [-0.39, 0.29) is 6.10 Å². The molecule has 0 fully saturated rings. The Morgan fingerprint density at radius 2 is 1.46 bits per heavy atom. The van der Waals surface area contributed by atoms with Gasteiger partial charge in [-0.2, -0.15) is 0 Å². The lowest BCUT2D eigenvalue weighted by atomic mass is 10.1. The summed E-state index contributed by atoms with van der Waals surface area (Å²) in [5.74, 6) is 0.696. The van der Waals surface area contributed by atoms with E-state index in [4.69, 9.17) is 4.52 Å². The molecule has 1 N–H and O–H groups in total. The number of unbranched alkanes of at least 4 members (excludes halogenated alkanes) is 9. The van der Waals surface area contributed by atoms with Crippen molar-refractivity contribution in [3.63, 3.8) is 0 Å². The quantitative estimate of drug-likeness (QED) is 0.253. The van der Waals surface area contributed by atoms with E-state index in [9.17, 15) is 9.67 Å². The zero-order valence-electron chi connectivity index (χ0n) is 16.8. The van der Waals surface area contributed by atoms with Crippen molar-refractivity contribution in [2.45, 2.75) is 97.0 Å². The fourth-order valence-electron chi connectivity index (χ4n) is 3.04. The minimum Gasteiger partial charge on any atom is -0.445 e. The van der Waals surface area contributed by atoms with Gasteiger partial charge in [0.25, 0.3) is 0 Å². The summed E-state index contributed by atoms with van der Waals surface area (Å²) in [6.45, 7) is 4.06. The van der Waals surface area contributed by atoms with Crippen molar-refractivity contribution >= 4 is 8.03 Å². The summed E-state index contributed by atoms with van der Waals surface area (Å²) < 4.78 is 17.7. The van der Waals surface area contributed by atoms with Gasteiger partial charge in [-0.1, -0.05) is 76.8 Å². The minimum atomic E-state index is -1.98. The molecule has 0 aliphatic rings. The molecule has 0 amide bonds. The number of benzene rings is 1. The Morgan fingerprint density at radius 3 is 2.00 bits per heavy atom. The molecular weight excluding hydrogens is 343 g/mol. The predicted octanol–water partition coefficient (Wildman–Crippen LogP) is 6.77. The van der Waals surface area contributed by atoms with Gasteiger partial charge >= 0.3 is 0 Å². The Hall–Kier alpha value is -0.790. The normalized spacial score (nSPS) is 13.5. The van der Waals surface area contributed by atoms with Crippen molar-refractivity contribution < 1.29 is 14.2 Å². The second-order valence-corrected chi connectivity index (χ2v) is 8.89. The molecule has 0 radical (unpaired) electrons. The largest absolute Gasteiger partial charge is 0.445 e. The van der Waals surface area contributed by atoms with Gasteiger partial charge in [0.15, 0.2) is 0 Å². The molecule has 1 aromatic rings. The molecule has 0 saturated carbocycles. The van der Waals surface area contributed by atoms with Crippen LogP contribution in [0.5, 0.6) is 5.75 Å². The summed E-state index contributed by atoms with van der Waals surface area (Å²) in [4.78, 5) is 0. The van der Waals surface area contributed by atoms with Crippen molar-refractivity contribution in [1.82, 2.24) is 0 Å². The van der Waals surface area contributed by atoms with E-state index in [1.807, 2.05) is 24.3 Å². The highest BCUT2D eigenvalue weighted by Crippen LogP contribution is 2.28. The summed E-state index contributed by atoms with van der Waals surface area (Å²) >= 11 is 0. The highest BCUT2D eigenvalue weighted by Gasteiger charge is 2.03. The van der Waals surface area contributed by atoms with Gasteiger partial charge in [-0.15, -0.1) is 0 Å². The van der Waals surface area contributed by atoms with E-state index in [1.54, 1.807) is 6.92 Å². The van der Waals surface area contributed by atoms with Gasteiger partial charge in [-0.3, -0.25) is 4.57 Å². The van der Waals surface area contributed by atoms with Crippen LogP contribution < -0.4 is 4.52 Å². The lowest BCUT2D eigenvalue weighted by molar-refractivity contribution is 0.185. The summed E-state index contributed by atoms with van der Waals surface area (Å²) in [5, 5.41) is 9.32. The molecule has 150 valence electrons. The first kappa shape index (κ1) is 23.2. The second kappa shape index (κ2) is 15.3. The van der Waals surface area contributed by atoms with Crippen LogP contribution in [0.4, 0.5) is 0 Å². The average Bonchev–Trinajstić information content (AvgIpc) is 2.62. The van der Waals surface area contributed by atoms with Gasteiger partial charge in [0.05, 0.1) is 6.10 Å². The highest BCUT2D eigenvalue weighted by atomic mass is 31.1. The van der Waals surface area contributed by atoms with E-state index in [0.29, 0.717) is 11.9 Å². The van der Waals surface area contributed by atoms with Gasteiger partial charge in [-0.25, -0.2) is 0 Å². The van der Waals surface area contributed by atoms with E-state index in [0.717, 1.165) is 25.7 Å². The average molecular weight is 383 g/mol. The van der Waals surface area contributed by atoms with E-state index >= 15 is 0 Å². The molecule has 3 nitrogen and oxygen atoms in total. The molecule has 0 saturated heterocycles. The Balaban J connectivity index is 2.04. The van der Waals surface area contributed by atoms with Crippen LogP contribution in [-0.2, 0) is 11.0 Å². The number of aryl methyl sites for hydroxylation is 1. The monoisotopic (exact) mass is 382 g/mol. The van der Waals surface area contributed by atoms with E-state index < -0.39 is 8.03 Å². The van der Waals surface area contributed by atoms with E-state index in [1.165, 1.54) is 56.9 Å². The molecule has 26 heavy (non-hydrogen) atoms. The number of aliphatic hydroxyl groups is 1. The molecule has 0 spiro atoms. The molecule has 0 aromatic heterocycles. The van der Waals surface area contributed by atoms with Crippen LogP contribution >= 0.6 is 8.03 Å². The molecular formula is C22H39O3P. The molecule has 2 atom stereocenters. The molecule has 0 aliphatic heterocycles. The Kier molecular flexibility index (Phi) is 13.7. The molecule has 4 heteroatoms. The fourth-order valence-corrected chi connectivity index (χ4v) is 4.08. The first-order chi connectivity index (χ1) is 12.6. The summed E-state index contributed by atoms with van der Waals surface area (Å²) in [6.07, 6.45) is 14.9. The van der Waals surface area contributed by atoms with Gasteiger partial charge in [0.2, 0.25) is 8.03 Å². The Morgan fingerprint density at radius 1 is 0.923 bits per heavy atom. The SMILES string of the molecule is CCCCCCCCCCCC[PH](=O)Oc1ccc(CCC(C)O)cc1. The Labute approximate surface area is 161 Å². The Bertz CT molecular complexity index is 471. The number of hydrogen-bond donors (Lipinski definition) is 1. The molecule has 2 unspecified atom stereocenters. The van der Waals surface area contributed by atoms with Gasteiger partial charge in [0.1, 0.15) is 5.75 Å². The maximum Gasteiger partial charge on any atom is 0.236 e. The van der Waals surface area contributed by atoms with Crippen molar-refractivity contribution in [2.24, 2.45) is 0 Å². The van der Waals surface area contributed by atoms with Crippen LogP contribution in [0.15, 0.2) is 24.3 Å². The van der Waals surface area contributed by atoms with Gasteiger partial charge in [0, 0.05) is 6.16 Å². The number of aliphatic hydroxyl groups excluding tert-OH is 1. The summed E-state index contributed by atoms with van der Waals surface area (Å²) in [5.41, 5.74) is 1.17. The van der Waals surface area contributed by atoms with Crippen LogP contribution in [0.1, 0.15) is 90.0 Å². The maximum absolute atomic E-state index is 12.1. The zero-order chi connectivity index (χ0) is 19.0. The standard InChI is InChI=1S/C22H39O3P/c1-3-4-5-6-7-8-9-10-11-12-19-26(24)25-22-17-15-21(16-18-22)14-13-20(2)23/h15-18,20,23,26H,3-14,19H2,1-2H3. The number of hydrogen-bond acceptors (Lipinski definition) is 3. The van der Waals surface area contributed by atoms with Crippen LogP contribution in [0.2, 0.25) is 0 Å². The summed E-state index contributed by atoms with van der Waals surface area (Å²) in [7, 11) is -1.98. The molecule has 0 aliphatic carbocycles. The molecule has 1 aromatic carbocycles. The van der Waals surface area contributed by atoms with Crippen LogP contribution in [0.25, 0.3) is 0 Å². The first-order valence-electron chi connectivity index (χ1n) is 10.6.